The lowest BCUT2D eigenvalue weighted by Gasteiger charge is -2.12. The van der Waals surface area contributed by atoms with E-state index >= 15 is 0 Å². The van der Waals surface area contributed by atoms with Gasteiger partial charge in [-0.15, -0.1) is 0 Å². The van der Waals surface area contributed by atoms with E-state index < -0.39 is 20.5 Å². The molecule has 7 heteroatoms. The van der Waals surface area contributed by atoms with Crippen LogP contribution in [0.3, 0.4) is 0 Å². The van der Waals surface area contributed by atoms with Crippen molar-refractivity contribution in [3.63, 3.8) is 0 Å². The number of hydrogen-bond acceptors (Lipinski definition) is 4. The minimum absolute atomic E-state index is 0.145. The summed E-state index contributed by atoms with van der Waals surface area (Å²) in [5.41, 5.74) is 1.01. The number of sulfone groups is 1. The number of ether oxygens (including phenoxy) is 1. The Morgan fingerprint density at radius 1 is 1.40 bits per heavy atom. The molecule has 0 aromatic heterocycles. The van der Waals surface area contributed by atoms with Crippen LogP contribution in [0.4, 0.5) is 14.5 Å². The second kappa shape index (κ2) is 7.35. The smallest absolute Gasteiger partial charge is 0.341 e. The number of halogens is 2. The highest BCUT2D eigenvalue weighted by molar-refractivity contribution is 7.91. The Labute approximate surface area is 117 Å². The molecule has 1 aromatic rings. The summed E-state index contributed by atoms with van der Waals surface area (Å²) in [7, 11) is -4.61. The van der Waals surface area contributed by atoms with Gasteiger partial charge in [-0.05, 0) is 19.1 Å². The molecule has 0 unspecified atom stereocenters. The molecule has 0 heterocycles. The van der Waals surface area contributed by atoms with Gasteiger partial charge in [0.1, 0.15) is 0 Å². The molecule has 0 amide bonds. The standard InChI is InChI=1S/C13H17F2NO3S/c1-10(2)9-19-8-7-16-11-5-3-4-6-12(11)20(17,18)13(14)15/h3-6,13,16H,1,7-9H2,2H3. The van der Waals surface area contributed by atoms with E-state index in [0.29, 0.717) is 19.8 Å². The minimum atomic E-state index is -4.61. The van der Waals surface area contributed by atoms with Crippen molar-refractivity contribution < 1.29 is 21.9 Å². The quantitative estimate of drug-likeness (QED) is 0.592. The fraction of sp³-hybridized carbons (Fsp3) is 0.385. The van der Waals surface area contributed by atoms with Gasteiger partial charge in [-0.2, -0.15) is 8.78 Å². The minimum Gasteiger partial charge on any atom is -0.382 e. The Balaban J connectivity index is 2.70. The van der Waals surface area contributed by atoms with E-state index in [-0.39, 0.29) is 5.69 Å². The SMILES string of the molecule is C=C(C)COCCNc1ccccc1S(=O)(=O)C(F)F. The van der Waals surface area contributed by atoms with Crippen LogP contribution in [-0.4, -0.2) is 33.9 Å². The molecule has 0 aliphatic heterocycles. The third kappa shape index (κ3) is 4.57. The number of nitrogens with one attached hydrogen (secondary N) is 1. The lowest BCUT2D eigenvalue weighted by atomic mass is 10.3. The third-order valence-electron chi connectivity index (χ3n) is 2.34. The molecule has 0 bridgehead atoms. The molecule has 0 fully saturated rings. The summed E-state index contributed by atoms with van der Waals surface area (Å²) in [6, 6.07) is 5.56. The number of alkyl halides is 2. The lowest BCUT2D eigenvalue weighted by Crippen LogP contribution is -2.16. The Morgan fingerprint density at radius 2 is 2.05 bits per heavy atom. The van der Waals surface area contributed by atoms with Crippen molar-refractivity contribution in [3.05, 3.63) is 36.4 Å². The molecule has 1 aromatic carbocycles. The summed E-state index contributed by atoms with van der Waals surface area (Å²) < 4.78 is 53.3. The summed E-state index contributed by atoms with van der Waals surface area (Å²) in [6.07, 6.45) is 0. The number of anilines is 1. The van der Waals surface area contributed by atoms with Gasteiger partial charge >= 0.3 is 5.76 Å². The molecule has 1 rings (SSSR count). The van der Waals surface area contributed by atoms with Crippen molar-refractivity contribution in [3.8, 4) is 0 Å². The van der Waals surface area contributed by atoms with Crippen molar-refractivity contribution in [2.75, 3.05) is 25.1 Å². The van der Waals surface area contributed by atoms with Gasteiger partial charge < -0.3 is 10.1 Å². The molecule has 0 saturated heterocycles. The first kappa shape index (κ1) is 16.6. The highest BCUT2D eigenvalue weighted by atomic mass is 32.2. The molecule has 0 atom stereocenters. The molecular formula is C13H17F2NO3S. The van der Waals surface area contributed by atoms with Gasteiger partial charge in [-0.25, -0.2) is 8.42 Å². The van der Waals surface area contributed by atoms with E-state index in [1.165, 1.54) is 12.1 Å². The Morgan fingerprint density at radius 3 is 2.65 bits per heavy atom. The molecule has 0 aliphatic carbocycles. The average Bonchev–Trinajstić information content (AvgIpc) is 2.38. The van der Waals surface area contributed by atoms with E-state index in [4.69, 9.17) is 4.74 Å². The zero-order valence-electron chi connectivity index (χ0n) is 11.1. The van der Waals surface area contributed by atoms with Crippen molar-refractivity contribution in [2.45, 2.75) is 17.6 Å². The summed E-state index contributed by atoms with van der Waals surface area (Å²) in [5, 5.41) is 2.78. The largest absolute Gasteiger partial charge is 0.382 e. The molecule has 20 heavy (non-hydrogen) atoms. The Hall–Kier alpha value is -1.47. The van der Waals surface area contributed by atoms with Gasteiger partial charge in [0, 0.05) is 6.54 Å². The maximum absolute atomic E-state index is 12.6. The molecule has 112 valence electrons. The predicted octanol–water partition coefficient (Wildman–Crippen LogP) is 2.69. The molecule has 0 aliphatic rings. The van der Waals surface area contributed by atoms with Gasteiger partial charge in [0.15, 0.2) is 0 Å². The van der Waals surface area contributed by atoms with Gasteiger partial charge in [-0.1, -0.05) is 24.3 Å². The number of rotatable bonds is 8. The van der Waals surface area contributed by atoms with Crippen molar-refractivity contribution in [1.82, 2.24) is 0 Å². The van der Waals surface area contributed by atoms with Gasteiger partial charge in [-0.3, -0.25) is 0 Å². The van der Waals surface area contributed by atoms with E-state index in [2.05, 4.69) is 11.9 Å². The summed E-state index contributed by atoms with van der Waals surface area (Å²) in [6.45, 7) is 6.51. The Kier molecular flexibility index (Phi) is 6.09. The molecule has 0 saturated carbocycles. The lowest BCUT2D eigenvalue weighted by molar-refractivity contribution is 0.167. The fourth-order valence-electron chi connectivity index (χ4n) is 1.46. The second-order valence-corrected chi connectivity index (χ2v) is 6.12. The van der Waals surface area contributed by atoms with Crippen LogP contribution in [0, 0.1) is 0 Å². The van der Waals surface area contributed by atoms with Crippen LogP contribution >= 0.6 is 0 Å². The first-order valence-electron chi connectivity index (χ1n) is 5.92. The topological polar surface area (TPSA) is 55.4 Å². The fourth-order valence-corrected chi connectivity index (χ4v) is 2.37. The van der Waals surface area contributed by atoms with Crippen LogP contribution in [-0.2, 0) is 14.6 Å². The van der Waals surface area contributed by atoms with E-state index in [9.17, 15) is 17.2 Å². The normalized spacial score (nSPS) is 11.6. The highest BCUT2D eigenvalue weighted by Gasteiger charge is 2.28. The molecule has 0 spiro atoms. The van der Waals surface area contributed by atoms with E-state index in [1.807, 2.05) is 6.92 Å². The molecule has 0 radical (unpaired) electrons. The number of para-hydroxylation sites is 1. The zero-order valence-corrected chi connectivity index (χ0v) is 11.9. The first-order valence-corrected chi connectivity index (χ1v) is 7.47. The van der Waals surface area contributed by atoms with Crippen LogP contribution in [0.1, 0.15) is 6.92 Å². The molecule has 4 nitrogen and oxygen atoms in total. The third-order valence-corrected chi connectivity index (χ3v) is 3.78. The molecular weight excluding hydrogens is 288 g/mol. The van der Waals surface area contributed by atoms with Crippen LogP contribution in [0.5, 0.6) is 0 Å². The highest BCUT2D eigenvalue weighted by Crippen LogP contribution is 2.25. The monoisotopic (exact) mass is 305 g/mol. The van der Waals surface area contributed by atoms with Gasteiger partial charge in [0.05, 0.1) is 23.8 Å². The number of benzene rings is 1. The average molecular weight is 305 g/mol. The van der Waals surface area contributed by atoms with E-state index in [0.717, 1.165) is 11.6 Å². The first-order chi connectivity index (χ1) is 9.35. The van der Waals surface area contributed by atoms with Crippen LogP contribution < -0.4 is 5.32 Å². The van der Waals surface area contributed by atoms with Crippen LogP contribution in [0.15, 0.2) is 41.3 Å². The van der Waals surface area contributed by atoms with Crippen molar-refractivity contribution in [2.24, 2.45) is 0 Å². The second-order valence-electron chi connectivity index (χ2n) is 4.24. The molecule has 1 N–H and O–H groups in total. The van der Waals surface area contributed by atoms with Gasteiger partial charge in [0.2, 0.25) is 9.84 Å². The summed E-state index contributed by atoms with van der Waals surface area (Å²) in [4.78, 5) is -0.407. The van der Waals surface area contributed by atoms with Gasteiger partial charge in [0.25, 0.3) is 0 Å². The maximum atomic E-state index is 12.6. The Bertz CT molecular complexity index is 558. The van der Waals surface area contributed by atoms with Crippen molar-refractivity contribution >= 4 is 15.5 Å². The van der Waals surface area contributed by atoms with Crippen molar-refractivity contribution in [1.29, 1.82) is 0 Å². The summed E-state index contributed by atoms with van der Waals surface area (Å²) >= 11 is 0. The number of hydrogen-bond donors (Lipinski definition) is 1. The van der Waals surface area contributed by atoms with Crippen LogP contribution in [0.25, 0.3) is 0 Å². The maximum Gasteiger partial charge on any atom is 0.341 e. The predicted molar refractivity (Wildman–Crippen MR) is 73.8 cm³/mol. The zero-order chi connectivity index (χ0) is 15.2. The summed E-state index contributed by atoms with van der Waals surface area (Å²) in [5.74, 6) is -3.44. The van der Waals surface area contributed by atoms with Crippen LogP contribution in [0.2, 0.25) is 0 Å². The van der Waals surface area contributed by atoms with E-state index in [1.54, 1.807) is 6.07 Å².